The molecule has 3 heterocycles. The molecule has 0 saturated carbocycles. The Kier molecular flexibility index (Phi) is 4.78. The summed E-state index contributed by atoms with van der Waals surface area (Å²) in [5, 5.41) is 3.47. The zero-order chi connectivity index (χ0) is 16.2. The molecule has 1 atom stereocenters. The molecule has 2 aromatic rings. The van der Waals surface area contributed by atoms with E-state index in [2.05, 4.69) is 32.1 Å². The number of nitrogens with zero attached hydrogens (tertiary/aromatic N) is 4. The van der Waals surface area contributed by atoms with Crippen LogP contribution in [0.5, 0.6) is 0 Å². The maximum atomic E-state index is 5.85. The van der Waals surface area contributed by atoms with Crippen LogP contribution in [0.3, 0.4) is 0 Å². The topological polar surface area (TPSA) is 89.2 Å². The van der Waals surface area contributed by atoms with Gasteiger partial charge in [0.15, 0.2) is 0 Å². The second-order valence-electron chi connectivity index (χ2n) is 5.44. The van der Waals surface area contributed by atoms with E-state index in [0.717, 1.165) is 31.1 Å². The molecule has 1 saturated heterocycles. The van der Waals surface area contributed by atoms with Crippen LogP contribution in [0.2, 0.25) is 5.15 Å². The summed E-state index contributed by atoms with van der Waals surface area (Å²) in [6, 6.07) is 5.70. The number of aromatic nitrogens is 3. The molecule has 8 heteroatoms. The van der Waals surface area contributed by atoms with Crippen molar-refractivity contribution >= 4 is 29.2 Å². The predicted octanol–water partition coefficient (Wildman–Crippen LogP) is 1.94. The quantitative estimate of drug-likeness (QED) is 0.826. The Hall–Kier alpha value is -2.12. The Morgan fingerprint density at radius 2 is 2.30 bits per heavy atom. The summed E-state index contributed by atoms with van der Waals surface area (Å²) in [4.78, 5) is 14.7. The minimum absolute atomic E-state index is 0.148. The number of rotatable bonds is 4. The fourth-order valence-corrected chi connectivity index (χ4v) is 2.64. The Morgan fingerprint density at radius 3 is 3.00 bits per heavy atom. The summed E-state index contributed by atoms with van der Waals surface area (Å²) in [5.74, 6) is 1.71. The van der Waals surface area contributed by atoms with Crippen molar-refractivity contribution in [1.82, 2.24) is 15.0 Å². The SMILES string of the molecule is CC1CN(c2ccc(CNc3cc(Cl)nc(N)n3)cn2)CCO1. The number of nitrogens with two attached hydrogens (primary N) is 1. The van der Waals surface area contributed by atoms with Crippen molar-refractivity contribution in [3.05, 3.63) is 35.1 Å². The van der Waals surface area contributed by atoms with Gasteiger partial charge in [-0.15, -0.1) is 0 Å². The second kappa shape index (κ2) is 6.97. The van der Waals surface area contributed by atoms with Crippen LogP contribution in [-0.4, -0.2) is 40.8 Å². The molecular formula is C15H19ClN6O. The summed E-state index contributed by atoms with van der Waals surface area (Å²) >= 11 is 5.85. The minimum Gasteiger partial charge on any atom is -0.375 e. The van der Waals surface area contributed by atoms with Gasteiger partial charge in [-0.1, -0.05) is 17.7 Å². The average molecular weight is 335 g/mol. The molecule has 1 aliphatic rings. The van der Waals surface area contributed by atoms with Gasteiger partial charge in [-0.25, -0.2) is 9.97 Å². The van der Waals surface area contributed by atoms with E-state index in [1.54, 1.807) is 6.07 Å². The second-order valence-corrected chi connectivity index (χ2v) is 5.83. The maximum absolute atomic E-state index is 5.85. The molecule has 0 aliphatic carbocycles. The number of anilines is 3. The molecule has 122 valence electrons. The van der Waals surface area contributed by atoms with Crippen molar-refractivity contribution in [2.45, 2.75) is 19.6 Å². The molecule has 2 aromatic heterocycles. The molecule has 1 aliphatic heterocycles. The number of morpholine rings is 1. The van der Waals surface area contributed by atoms with E-state index >= 15 is 0 Å². The molecule has 0 radical (unpaired) electrons. The number of ether oxygens (including phenoxy) is 1. The maximum Gasteiger partial charge on any atom is 0.223 e. The van der Waals surface area contributed by atoms with Gasteiger partial charge in [-0.05, 0) is 18.6 Å². The summed E-state index contributed by atoms with van der Waals surface area (Å²) in [6.07, 6.45) is 2.09. The van der Waals surface area contributed by atoms with E-state index in [1.165, 1.54) is 0 Å². The van der Waals surface area contributed by atoms with Crippen LogP contribution in [0.15, 0.2) is 24.4 Å². The zero-order valence-electron chi connectivity index (χ0n) is 12.9. The van der Waals surface area contributed by atoms with Gasteiger partial charge in [-0.3, -0.25) is 0 Å². The number of pyridine rings is 1. The average Bonchev–Trinajstić information content (AvgIpc) is 2.52. The Balaban J connectivity index is 1.61. The lowest BCUT2D eigenvalue weighted by Gasteiger charge is -2.32. The third kappa shape index (κ3) is 4.20. The molecule has 1 fully saturated rings. The molecule has 7 nitrogen and oxygen atoms in total. The normalized spacial score (nSPS) is 18.0. The van der Waals surface area contributed by atoms with E-state index in [9.17, 15) is 0 Å². The summed E-state index contributed by atoms with van der Waals surface area (Å²) in [6.45, 7) is 5.13. The summed E-state index contributed by atoms with van der Waals surface area (Å²) in [5.41, 5.74) is 6.61. The number of nitrogens with one attached hydrogen (secondary N) is 1. The van der Waals surface area contributed by atoms with Crippen molar-refractivity contribution in [3.63, 3.8) is 0 Å². The molecular weight excluding hydrogens is 316 g/mol. The molecule has 0 amide bonds. The molecule has 0 bridgehead atoms. The molecule has 3 rings (SSSR count). The summed E-state index contributed by atoms with van der Waals surface area (Å²) in [7, 11) is 0. The molecule has 23 heavy (non-hydrogen) atoms. The Labute approximate surface area is 139 Å². The lowest BCUT2D eigenvalue weighted by Crippen LogP contribution is -2.41. The third-order valence-corrected chi connectivity index (χ3v) is 3.75. The van der Waals surface area contributed by atoms with E-state index < -0.39 is 0 Å². The number of hydrogen-bond acceptors (Lipinski definition) is 7. The van der Waals surface area contributed by atoms with E-state index in [1.807, 2.05) is 18.3 Å². The van der Waals surface area contributed by atoms with Gasteiger partial charge in [-0.2, -0.15) is 4.98 Å². The fourth-order valence-electron chi connectivity index (χ4n) is 2.45. The van der Waals surface area contributed by atoms with Crippen LogP contribution in [0, 0.1) is 0 Å². The lowest BCUT2D eigenvalue weighted by molar-refractivity contribution is 0.0529. The monoisotopic (exact) mass is 334 g/mol. The highest BCUT2D eigenvalue weighted by atomic mass is 35.5. The lowest BCUT2D eigenvalue weighted by atomic mass is 10.2. The van der Waals surface area contributed by atoms with Crippen molar-refractivity contribution < 1.29 is 4.74 Å². The van der Waals surface area contributed by atoms with Crippen LogP contribution < -0.4 is 16.0 Å². The molecule has 0 spiro atoms. The van der Waals surface area contributed by atoms with Gasteiger partial charge in [0.1, 0.15) is 16.8 Å². The van der Waals surface area contributed by atoms with Gasteiger partial charge in [0.2, 0.25) is 5.95 Å². The van der Waals surface area contributed by atoms with E-state index in [4.69, 9.17) is 22.1 Å². The van der Waals surface area contributed by atoms with Crippen LogP contribution in [0.4, 0.5) is 17.6 Å². The Bertz CT molecular complexity index is 645. The van der Waals surface area contributed by atoms with Crippen LogP contribution >= 0.6 is 11.6 Å². The van der Waals surface area contributed by atoms with Gasteiger partial charge < -0.3 is 20.7 Å². The van der Waals surface area contributed by atoms with Crippen molar-refractivity contribution in [2.75, 3.05) is 35.6 Å². The smallest absolute Gasteiger partial charge is 0.223 e. The molecule has 0 aromatic carbocycles. The van der Waals surface area contributed by atoms with Crippen LogP contribution in [0.1, 0.15) is 12.5 Å². The zero-order valence-corrected chi connectivity index (χ0v) is 13.6. The highest BCUT2D eigenvalue weighted by Gasteiger charge is 2.17. The molecule has 1 unspecified atom stereocenters. The first-order chi connectivity index (χ1) is 11.1. The van der Waals surface area contributed by atoms with E-state index in [0.29, 0.717) is 17.5 Å². The largest absolute Gasteiger partial charge is 0.375 e. The standard InChI is InChI=1S/C15H19ClN6O/c1-10-9-22(4-5-23-10)14-3-2-11(8-19-14)7-18-13-6-12(16)20-15(17)21-13/h2-3,6,8,10H,4-5,7,9H2,1H3,(H3,17,18,20,21). The first-order valence-electron chi connectivity index (χ1n) is 7.45. The van der Waals surface area contributed by atoms with Crippen LogP contribution in [0.25, 0.3) is 0 Å². The van der Waals surface area contributed by atoms with Crippen LogP contribution in [-0.2, 0) is 11.3 Å². The summed E-state index contributed by atoms with van der Waals surface area (Å²) < 4.78 is 5.55. The first kappa shape index (κ1) is 15.8. The van der Waals surface area contributed by atoms with Crippen molar-refractivity contribution in [3.8, 4) is 0 Å². The minimum atomic E-state index is 0.148. The number of nitrogen functional groups attached to an aromatic ring is 1. The predicted molar refractivity (Wildman–Crippen MR) is 90.6 cm³/mol. The Morgan fingerprint density at radius 1 is 1.43 bits per heavy atom. The highest BCUT2D eigenvalue weighted by molar-refractivity contribution is 6.29. The van der Waals surface area contributed by atoms with Crippen molar-refractivity contribution in [2.24, 2.45) is 0 Å². The van der Waals surface area contributed by atoms with E-state index in [-0.39, 0.29) is 12.1 Å². The number of halogens is 1. The third-order valence-electron chi connectivity index (χ3n) is 3.56. The van der Waals surface area contributed by atoms with Gasteiger partial charge in [0.25, 0.3) is 0 Å². The highest BCUT2D eigenvalue weighted by Crippen LogP contribution is 2.17. The fraction of sp³-hybridized carbons (Fsp3) is 0.400. The first-order valence-corrected chi connectivity index (χ1v) is 7.83. The van der Waals surface area contributed by atoms with Gasteiger partial charge >= 0.3 is 0 Å². The molecule has 3 N–H and O–H groups in total. The number of hydrogen-bond donors (Lipinski definition) is 2. The van der Waals surface area contributed by atoms with Crippen molar-refractivity contribution in [1.29, 1.82) is 0 Å². The van der Waals surface area contributed by atoms with Gasteiger partial charge in [0, 0.05) is 31.9 Å². The van der Waals surface area contributed by atoms with Gasteiger partial charge in [0.05, 0.1) is 12.7 Å².